The van der Waals surface area contributed by atoms with Gasteiger partial charge < -0.3 is 9.47 Å². The molecule has 0 bridgehead atoms. The lowest BCUT2D eigenvalue weighted by Crippen LogP contribution is -2.18. The molecule has 0 rings (SSSR count). The molecule has 0 N–H and O–H groups in total. The Balaban J connectivity index is 3.34. The average Bonchev–Trinajstić information content (AvgIpc) is 1.58. The maximum Gasteiger partial charge on any atom is 0.237 e. The van der Waals surface area contributed by atoms with Crippen molar-refractivity contribution in [3.63, 3.8) is 0 Å². The Morgan fingerprint density at radius 3 is 1.40 bits per heavy atom. The minimum absolute atomic E-state index is 0.112. The number of ether oxygens (including phenoxy) is 2. The zero-order valence-corrected chi connectivity index (χ0v) is 7.68. The predicted octanol–water partition coefficient (Wildman–Crippen LogP) is 2.36. The van der Waals surface area contributed by atoms with E-state index in [9.17, 15) is 0 Å². The number of alkyl halides is 1. The number of halogens is 1. The standard InChI is InChI=1S/C7H15ClO2/c1-5(2)9-7(8)10-6(3)4/h5-7H,1-4H3. The smallest absolute Gasteiger partial charge is 0.237 e. The van der Waals surface area contributed by atoms with Gasteiger partial charge in [0.2, 0.25) is 5.75 Å². The summed E-state index contributed by atoms with van der Waals surface area (Å²) in [5.74, 6) is -0.611. The third-order valence-electron chi connectivity index (χ3n) is 0.758. The zero-order chi connectivity index (χ0) is 8.15. The largest absolute Gasteiger partial charge is 0.337 e. The van der Waals surface area contributed by atoms with Gasteiger partial charge in [-0.15, -0.1) is 0 Å². The fourth-order valence-electron chi connectivity index (χ4n) is 0.460. The molecule has 0 aliphatic heterocycles. The van der Waals surface area contributed by atoms with Crippen LogP contribution in [0.1, 0.15) is 27.7 Å². The van der Waals surface area contributed by atoms with Gasteiger partial charge in [0, 0.05) is 0 Å². The SMILES string of the molecule is CC(C)OC(Cl)OC(C)C. The molecule has 0 aliphatic rings. The summed E-state index contributed by atoms with van der Waals surface area (Å²) in [4.78, 5) is 0. The fourth-order valence-corrected chi connectivity index (χ4v) is 0.872. The van der Waals surface area contributed by atoms with E-state index < -0.39 is 5.75 Å². The second-order valence-electron chi connectivity index (χ2n) is 2.64. The van der Waals surface area contributed by atoms with E-state index in [4.69, 9.17) is 21.1 Å². The molecular weight excluding hydrogens is 152 g/mol. The van der Waals surface area contributed by atoms with Gasteiger partial charge in [-0.3, -0.25) is 0 Å². The van der Waals surface area contributed by atoms with Crippen molar-refractivity contribution in [2.45, 2.75) is 45.7 Å². The van der Waals surface area contributed by atoms with Gasteiger partial charge in [-0.1, -0.05) is 11.6 Å². The Hall–Kier alpha value is 0.210. The van der Waals surface area contributed by atoms with Crippen LogP contribution in [0.2, 0.25) is 0 Å². The lowest BCUT2D eigenvalue weighted by atomic mass is 10.5. The van der Waals surface area contributed by atoms with E-state index >= 15 is 0 Å². The summed E-state index contributed by atoms with van der Waals surface area (Å²) < 4.78 is 10.2. The quantitative estimate of drug-likeness (QED) is 0.472. The first-order chi connectivity index (χ1) is 4.52. The van der Waals surface area contributed by atoms with E-state index in [1.54, 1.807) is 0 Å². The Morgan fingerprint density at radius 1 is 0.900 bits per heavy atom. The van der Waals surface area contributed by atoms with E-state index in [1.165, 1.54) is 0 Å². The third kappa shape index (κ3) is 6.33. The number of hydrogen-bond donors (Lipinski definition) is 0. The highest BCUT2D eigenvalue weighted by molar-refractivity contribution is 6.18. The second kappa shape index (κ2) is 4.94. The van der Waals surface area contributed by atoms with Crippen molar-refractivity contribution >= 4 is 11.6 Å². The van der Waals surface area contributed by atoms with Crippen molar-refractivity contribution < 1.29 is 9.47 Å². The lowest BCUT2D eigenvalue weighted by Gasteiger charge is -2.16. The van der Waals surface area contributed by atoms with E-state index in [-0.39, 0.29) is 12.2 Å². The molecule has 0 amide bonds. The highest BCUT2D eigenvalue weighted by Crippen LogP contribution is 2.06. The van der Waals surface area contributed by atoms with Crippen LogP contribution < -0.4 is 0 Å². The van der Waals surface area contributed by atoms with Gasteiger partial charge in [-0.2, -0.15) is 0 Å². The van der Waals surface area contributed by atoms with Crippen molar-refractivity contribution in [1.29, 1.82) is 0 Å². The van der Waals surface area contributed by atoms with Gasteiger partial charge in [0.05, 0.1) is 12.2 Å². The molecule has 2 nitrogen and oxygen atoms in total. The molecule has 0 heterocycles. The molecule has 0 unspecified atom stereocenters. The topological polar surface area (TPSA) is 18.5 Å². The van der Waals surface area contributed by atoms with Crippen LogP contribution in [0, 0.1) is 0 Å². The first kappa shape index (κ1) is 10.2. The van der Waals surface area contributed by atoms with Gasteiger partial charge >= 0.3 is 0 Å². The van der Waals surface area contributed by atoms with Gasteiger partial charge in [0.25, 0.3) is 0 Å². The summed E-state index contributed by atoms with van der Waals surface area (Å²) in [6.45, 7) is 7.66. The minimum Gasteiger partial charge on any atom is -0.337 e. The molecule has 0 fully saturated rings. The van der Waals surface area contributed by atoms with Crippen LogP contribution in [-0.4, -0.2) is 18.0 Å². The molecule has 62 valence electrons. The molecule has 3 heteroatoms. The maximum atomic E-state index is 5.63. The minimum atomic E-state index is -0.611. The molecule has 0 aliphatic carbocycles. The Bertz CT molecular complexity index is 73.7. The molecule has 0 atom stereocenters. The molecule has 0 saturated carbocycles. The van der Waals surface area contributed by atoms with Crippen LogP contribution in [0.3, 0.4) is 0 Å². The highest BCUT2D eigenvalue weighted by atomic mass is 35.5. The first-order valence-electron chi connectivity index (χ1n) is 3.47. The molecule has 0 aromatic heterocycles. The van der Waals surface area contributed by atoms with Crippen molar-refractivity contribution in [3.8, 4) is 0 Å². The van der Waals surface area contributed by atoms with Crippen molar-refractivity contribution in [2.24, 2.45) is 0 Å². The molecule has 0 radical (unpaired) electrons. The second-order valence-corrected chi connectivity index (χ2v) is 3.00. The molecule has 0 aromatic carbocycles. The maximum absolute atomic E-state index is 5.63. The summed E-state index contributed by atoms with van der Waals surface area (Å²) >= 11 is 5.63. The van der Waals surface area contributed by atoms with E-state index in [2.05, 4.69) is 0 Å². The van der Waals surface area contributed by atoms with Gasteiger partial charge in [0.15, 0.2) is 0 Å². The van der Waals surface area contributed by atoms with Crippen molar-refractivity contribution in [3.05, 3.63) is 0 Å². The fraction of sp³-hybridized carbons (Fsp3) is 1.00. The molecule has 0 aromatic rings. The number of rotatable bonds is 4. The Morgan fingerprint density at radius 2 is 1.20 bits per heavy atom. The monoisotopic (exact) mass is 166 g/mol. The summed E-state index contributed by atoms with van der Waals surface area (Å²) in [6, 6.07) is 0. The molecular formula is C7H15ClO2. The predicted molar refractivity (Wildman–Crippen MR) is 42.1 cm³/mol. The summed E-state index contributed by atoms with van der Waals surface area (Å²) in [5, 5.41) is 0. The van der Waals surface area contributed by atoms with E-state index in [0.717, 1.165) is 0 Å². The van der Waals surface area contributed by atoms with Crippen LogP contribution in [0.5, 0.6) is 0 Å². The third-order valence-corrected chi connectivity index (χ3v) is 0.964. The Kier molecular flexibility index (Phi) is 5.04. The summed E-state index contributed by atoms with van der Waals surface area (Å²) in [5.41, 5.74) is 0. The first-order valence-corrected chi connectivity index (χ1v) is 3.91. The van der Waals surface area contributed by atoms with Crippen LogP contribution in [-0.2, 0) is 9.47 Å². The molecule has 10 heavy (non-hydrogen) atoms. The van der Waals surface area contributed by atoms with Gasteiger partial charge in [-0.05, 0) is 27.7 Å². The number of hydrogen-bond acceptors (Lipinski definition) is 2. The highest BCUT2D eigenvalue weighted by Gasteiger charge is 2.08. The molecule has 0 spiro atoms. The van der Waals surface area contributed by atoms with Gasteiger partial charge in [-0.25, -0.2) is 0 Å². The van der Waals surface area contributed by atoms with Crippen molar-refractivity contribution in [2.75, 3.05) is 0 Å². The van der Waals surface area contributed by atoms with E-state index in [1.807, 2.05) is 27.7 Å². The summed E-state index contributed by atoms with van der Waals surface area (Å²) in [7, 11) is 0. The van der Waals surface area contributed by atoms with E-state index in [0.29, 0.717) is 0 Å². The summed E-state index contributed by atoms with van der Waals surface area (Å²) in [6.07, 6.45) is 0.225. The van der Waals surface area contributed by atoms with Gasteiger partial charge in [0.1, 0.15) is 0 Å². The zero-order valence-electron chi connectivity index (χ0n) is 6.93. The van der Waals surface area contributed by atoms with Crippen LogP contribution in [0.4, 0.5) is 0 Å². The average molecular weight is 167 g/mol. The normalized spacial score (nSPS) is 12.0. The van der Waals surface area contributed by atoms with Crippen LogP contribution in [0.25, 0.3) is 0 Å². The molecule has 0 saturated heterocycles. The van der Waals surface area contributed by atoms with Crippen LogP contribution >= 0.6 is 11.6 Å². The Labute approximate surface area is 67.5 Å². The van der Waals surface area contributed by atoms with Crippen molar-refractivity contribution in [1.82, 2.24) is 0 Å². The lowest BCUT2D eigenvalue weighted by molar-refractivity contribution is -0.131. The van der Waals surface area contributed by atoms with Crippen LogP contribution in [0.15, 0.2) is 0 Å².